The van der Waals surface area contributed by atoms with Crippen molar-refractivity contribution in [3.8, 4) is 6.07 Å². The van der Waals surface area contributed by atoms with E-state index in [-0.39, 0.29) is 0 Å². The van der Waals surface area contributed by atoms with E-state index in [1.807, 2.05) is 6.92 Å². The standard InChI is InChI=1S/C13H25N3/c1-12(2)5-4-8-16(9-6-12)10-7-13(3,15)11-14/h4-10,15H2,1-3H3. The van der Waals surface area contributed by atoms with E-state index in [0.717, 1.165) is 26.1 Å². The molecule has 1 saturated heterocycles. The van der Waals surface area contributed by atoms with Gasteiger partial charge >= 0.3 is 0 Å². The van der Waals surface area contributed by atoms with Crippen LogP contribution in [0.25, 0.3) is 0 Å². The second-order valence-corrected chi connectivity index (χ2v) is 6.14. The Hall–Kier alpha value is -0.590. The van der Waals surface area contributed by atoms with Gasteiger partial charge in [0.05, 0.1) is 6.07 Å². The van der Waals surface area contributed by atoms with Crippen molar-refractivity contribution < 1.29 is 0 Å². The van der Waals surface area contributed by atoms with E-state index in [2.05, 4.69) is 24.8 Å². The molecule has 0 bridgehead atoms. The lowest BCUT2D eigenvalue weighted by Crippen LogP contribution is -2.39. The average Bonchev–Trinajstić information content (AvgIpc) is 2.37. The van der Waals surface area contributed by atoms with Gasteiger partial charge in [0.15, 0.2) is 0 Å². The first-order valence-corrected chi connectivity index (χ1v) is 6.27. The van der Waals surface area contributed by atoms with Crippen molar-refractivity contribution in [1.29, 1.82) is 5.26 Å². The topological polar surface area (TPSA) is 53.1 Å². The predicted octanol–water partition coefficient (Wildman–Crippen LogP) is 2.13. The largest absolute Gasteiger partial charge is 0.314 e. The molecule has 1 atom stereocenters. The number of nitrogens with zero attached hydrogens (tertiary/aromatic N) is 2. The van der Waals surface area contributed by atoms with Crippen LogP contribution in [-0.2, 0) is 0 Å². The zero-order valence-corrected chi connectivity index (χ0v) is 10.9. The van der Waals surface area contributed by atoms with Gasteiger partial charge in [-0.15, -0.1) is 0 Å². The minimum absolute atomic E-state index is 0.482. The van der Waals surface area contributed by atoms with Gasteiger partial charge in [-0.05, 0) is 51.1 Å². The normalized spacial score (nSPS) is 25.4. The van der Waals surface area contributed by atoms with Crippen molar-refractivity contribution >= 4 is 0 Å². The molecule has 0 radical (unpaired) electrons. The Bertz CT molecular complexity index is 263. The molecule has 0 aromatic carbocycles. The molecule has 1 aliphatic heterocycles. The molecule has 0 aliphatic carbocycles. The highest BCUT2D eigenvalue weighted by Gasteiger charge is 2.24. The first-order chi connectivity index (χ1) is 7.35. The summed E-state index contributed by atoms with van der Waals surface area (Å²) in [5, 5.41) is 8.87. The van der Waals surface area contributed by atoms with Gasteiger partial charge < -0.3 is 10.6 Å². The van der Waals surface area contributed by atoms with Crippen molar-refractivity contribution in [3.63, 3.8) is 0 Å². The van der Waals surface area contributed by atoms with Crippen LogP contribution < -0.4 is 5.73 Å². The SMILES string of the molecule is CC(N)(C#N)CCN1CCCC(C)(C)CC1. The third-order valence-corrected chi connectivity index (χ3v) is 3.64. The maximum absolute atomic E-state index is 8.87. The number of hydrogen-bond acceptors (Lipinski definition) is 3. The van der Waals surface area contributed by atoms with Gasteiger partial charge in [-0.25, -0.2) is 0 Å². The first kappa shape index (κ1) is 13.5. The Labute approximate surface area is 99.6 Å². The van der Waals surface area contributed by atoms with Crippen LogP contribution in [-0.4, -0.2) is 30.1 Å². The second kappa shape index (κ2) is 5.16. The Kier molecular flexibility index (Phi) is 4.35. The first-order valence-electron chi connectivity index (χ1n) is 6.27. The summed E-state index contributed by atoms with van der Waals surface area (Å²) in [6, 6.07) is 2.16. The quantitative estimate of drug-likeness (QED) is 0.797. The maximum atomic E-state index is 8.87. The van der Waals surface area contributed by atoms with Gasteiger partial charge in [0, 0.05) is 6.54 Å². The van der Waals surface area contributed by atoms with E-state index in [9.17, 15) is 0 Å². The van der Waals surface area contributed by atoms with Crippen LogP contribution in [0.2, 0.25) is 0 Å². The molecule has 92 valence electrons. The fraction of sp³-hybridized carbons (Fsp3) is 0.923. The van der Waals surface area contributed by atoms with Crippen LogP contribution >= 0.6 is 0 Å². The minimum Gasteiger partial charge on any atom is -0.314 e. The molecule has 1 fully saturated rings. The molecule has 1 heterocycles. The average molecular weight is 223 g/mol. The number of rotatable bonds is 3. The molecule has 0 amide bonds. The van der Waals surface area contributed by atoms with Gasteiger partial charge in [0.25, 0.3) is 0 Å². The molecule has 2 N–H and O–H groups in total. The summed E-state index contributed by atoms with van der Waals surface area (Å²) < 4.78 is 0. The van der Waals surface area contributed by atoms with Crippen molar-refractivity contribution in [2.45, 2.75) is 52.0 Å². The summed E-state index contributed by atoms with van der Waals surface area (Å²) in [5.74, 6) is 0. The van der Waals surface area contributed by atoms with Crippen molar-refractivity contribution in [2.24, 2.45) is 11.1 Å². The highest BCUT2D eigenvalue weighted by Crippen LogP contribution is 2.29. The second-order valence-electron chi connectivity index (χ2n) is 6.14. The molecule has 0 aromatic rings. The monoisotopic (exact) mass is 223 g/mol. The lowest BCUT2D eigenvalue weighted by molar-refractivity contribution is 0.249. The van der Waals surface area contributed by atoms with E-state index in [4.69, 9.17) is 11.0 Å². The van der Waals surface area contributed by atoms with Crippen LogP contribution in [0.1, 0.15) is 46.5 Å². The van der Waals surface area contributed by atoms with E-state index in [1.54, 1.807) is 0 Å². The van der Waals surface area contributed by atoms with E-state index in [1.165, 1.54) is 19.3 Å². The Morgan fingerprint density at radius 3 is 2.69 bits per heavy atom. The Morgan fingerprint density at radius 1 is 1.38 bits per heavy atom. The zero-order chi connectivity index (χ0) is 12.2. The maximum Gasteiger partial charge on any atom is 0.102 e. The molecule has 16 heavy (non-hydrogen) atoms. The highest BCUT2D eigenvalue weighted by atomic mass is 15.1. The van der Waals surface area contributed by atoms with Gasteiger partial charge in [-0.2, -0.15) is 5.26 Å². The Balaban J connectivity index is 2.37. The molecular formula is C13H25N3. The van der Waals surface area contributed by atoms with E-state index >= 15 is 0 Å². The molecule has 3 nitrogen and oxygen atoms in total. The lowest BCUT2D eigenvalue weighted by atomic mass is 9.85. The van der Waals surface area contributed by atoms with Crippen molar-refractivity contribution in [2.75, 3.05) is 19.6 Å². The highest BCUT2D eigenvalue weighted by molar-refractivity contribution is 5.01. The third-order valence-electron chi connectivity index (χ3n) is 3.64. The van der Waals surface area contributed by atoms with Crippen LogP contribution in [0.4, 0.5) is 0 Å². The smallest absolute Gasteiger partial charge is 0.102 e. The molecule has 0 saturated carbocycles. The van der Waals surface area contributed by atoms with Gasteiger partial charge in [0.2, 0.25) is 0 Å². The number of likely N-dealkylation sites (tertiary alicyclic amines) is 1. The van der Waals surface area contributed by atoms with Crippen LogP contribution in [0.5, 0.6) is 0 Å². The van der Waals surface area contributed by atoms with Gasteiger partial charge in [0.1, 0.15) is 5.54 Å². The molecule has 0 spiro atoms. The summed E-state index contributed by atoms with van der Waals surface area (Å²) in [4.78, 5) is 2.46. The molecule has 1 aliphatic rings. The molecule has 0 aromatic heterocycles. The molecular weight excluding hydrogens is 198 g/mol. The molecule has 1 unspecified atom stereocenters. The van der Waals surface area contributed by atoms with E-state index in [0.29, 0.717) is 5.41 Å². The molecule has 1 rings (SSSR count). The third kappa shape index (κ3) is 4.51. The Morgan fingerprint density at radius 2 is 2.06 bits per heavy atom. The van der Waals surface area contributed by atoms with E-state index < -0.39 is 5.54 Å². The molecule has 3 heteroatoms. The number of nitrogens with two attached hydrogens (primary N) is 1. The fourth-order valence-electron chi connectivity index (χ4n) is 2.15. The summed E-state index contributed by atoms with van der Waals surface area (Å²) in [5.41, 5.74) is 5.66. The predicted molar refractivity (Wildman–Crippen MR) is 66.9 cm³/mol. The zero-order valence-electron chi connectivity index (χ0n) is 10.9. The van der Waals surface area contributed by atoms with Crippen LogP contribution in [0.3, 0.4) is 0 Å². The van der Waals surface area contributed by atoms with Crippen molar-refractivity contribution in [3.05, 3.63) is 0 Å². The van der Waals surface area contributed by atoms with Gasteiger partial charge in [-0.3, -0.25) is 0 Å². The number of hydrogen-bond donors (Lipinski definition) is 1. The summed E-state index contributed by atoms with van der Waals surface area (Å²) in [6.07, 6.45) is 4.59. The summed E-state index contributed by atoms with van der Waals surface area (Å²) in [6.45, 7) is 9.77. The lowest BCUT2D eigenvalue weighted by Gasteiger charge is -2.25. The fourth-order valence-corrected chi connectivity index (χ4v) is 2.15. The number of nitriles is 1. The minimum atomic E-state index is -0.665. The van der Waals surface area contributed by atoms with Crippen molar-refractivity contribution in [1.82, 2.24) is 4.90 Å². The van der Waals surface area contributed by atoms with Gasteiger partial charge in [-0.1, -0.05) is 13.8 Å². The summed E-state index contributed by atoms with van der Waals surface area (Å²) in [7, 11) is 0. The van der Waals surface area contributed by atoms with Crippen LogP contribution in [0, 0.1) is 16.7 Å². The summed E-state index contributed by atoms with van der Waals surface area (Å²) >= 11 is 0. The van der Waals surface area contributed by atoms with Crippen LogP contribution in [0.15, 0.2) is 0 Å².